The third kappa shape index (κ3) is 4.76. The van der Waals surface area contributed by atoms with E-state index in [1.807, 2.05) is 49.4 Å². The Labute approximate surface area is 219 Å². The van der Waals surface area contributed by atoms with Crippen molar-refractivity contribution in [2.75, 3.05) is 16.3 Å². The number of nitrogens with zero attached hydrogens (tertiary/aromatic N) is 3. The Balaban J connectivity index is 0.00000320. The number of aryl methyl sites for hydroxylation is 1. The van der Waals surface area contributed by atoms with Gasteiger partial charge in [0.2, 0.25) is 5.91 Å². The summed E-state index contributed by atoms with van der Waals surface area (Å²) in [7, 11) is 0. The molecule has 8 nitrogen and oxygen atoms in total. The summed E-state index contributed by atoms with van der Waals surface area (Å²) in [6.07, 6.45) is 0. The summed E-state index contributed by atoms with van der Waals surface area (Å²) in [4.78, 5) is 40.7. The van der Waals surface area contributed by atoms with Crippen molar-refractivity contribution in [1.82, 2.24) is 0 Å². The molecule has 9 heteroatoms. The van der Waals surface area contributed by atoms with Gasteiger partial charge < -0.3 is 15.5 Å². The number of halogens is 1. The summed E-state index contributed by atoms with van der Waals surface area (Å²) in [6.45, 7) is 2.30. The van der Waals surface area contributed by atoms with Crippen LogP contribution in [0.3, 0.4) is 0 Å². The van der Waals surface area contributed by atoms with Crippen LogP contribution >= 0.6 is 12.4 Å². The monoisotopic (exact) mass is 516 g/mol. The van der Waals surface area contributed by atoms with E-state index in [1.165, 1.54) is 29.2 Å². The van der Waals surface area contributed by atoms with Crippen LogP contribution in [-0.2, 0) is 11.3 Å². The average Bonchev–Trinajstić information content (AvgIpc) is 3.00. The molecule has 0 radical (unpaired) electrons. The predicted molar refractivity (Wildman–Crippen MR) is 146 cm³/mol. The van der Waals surface area contributed by atoms with Gasteiger partial charge in [0, 0.05) is 17.7 Å². The van der Waals surface area contributed by atoms with Crippen LogP contribution in [0.25, 0.3) is 10.8 Å². The van der Waals surface area contributed by atoms with E-state index in [0.717, 1.165) is 21.9 Å². The minimum atomic E-state index is -0.949. The average molecular weight is 517 g/mol. The number of carbonyl (C=O) groups excluding carboxylic acids is 2. The normalized spacial score (nSPS) is 15.1. The quantitative estimate of drug-likeness (QED) is 0.303. The zero-order valence-electron chi connectivity index (χ0n) is 20.0. The molecule has 188 valence electrons. The molecule has 0 aliphatic carbocycles. The molecule has 0 bridgehead atoms. The first-order chi connectivity index (χ1) is 17.3. The fraction of sp³-hybridized carbons (Fsp3) is 0.143. The van der Waals surface area contributed by atoms with Crippen LogP contribution in [0.15, 0.2) is 84.9 Å². The van der Waals surface area contributed by atoms with Crippen LogP contribution in [0.2, 0.25) is 0 Å². The second-order valence-electron chi connectivity index (χ2n) is 8.82. The first kappa shape index (κ1) is 25.8. The lowest BCUT2D eigenvalue weighted by Crippen LogP contribution is -2.48. The number of fused-ring (bicyclic) bond motifs is 2. The van der Waals surface area contributed by atoms with E-state index in [4.69, 9.17) is 5.73 Å². The Bertz CT molecular complexity index is 1510. The number of hydrogen-bond donors (Lipinski definition) is 1. The number of nitro groups is 1. The molecule has 1 aliphatic heterocycles. The number of nitrogens with two attached hydrogens (primary N) is 1. The van der Waals surface area contributed by atoms with Crippen molar-refractivity contribution in [2.45, 2.75) is 19.5 Å². The van der Waals surface area contributed by atoms with Crippen molar-refractivity contribution in [2.24, 2.45) is 5.73 Å². The van der Waals surface area contributed by atoms with E-state index in [2.05, 4.69) is 6.07 Å². The molecular formula is C28H25ClN4O4. The van der Waals surface area contributed by atoms with Crippen LogP contribution in [0.5, 0.6) is 0 Å². The van der Waals surface area contributed by atoms with E-state index < -0.39 is 11.0 Å². The number of rotatable bonds is 4. The third-order valence-electron chi connectivity index (χ3n) is 6.59. The number of hydrogen-bond acceptors (Lipinski definition) is 5. The molecule has 0 saturated carbocycles. The van der Waals surface area contributed by atoms with E-state index in [1.54, 1.807) is 17.0 Å². The van der Waals surface area contributed by atoms with Crippen molar-refractivity contribution in [3.63, 3.8) is 0 Å². The highest BCUT2D eigenvalue weighted by atomic mass is 35.5. The molecule has 5 rings (SSSR count). The van der Waals surface area contributed by atoms with E-state index in [-0.39, 0.29) is 42.0 Å². The molecule has 0 unspecified atom stereocenters. The summed E-state index contributed by atoms with van der Waals surface area (Å²) >= 11 is 0. The standard InChI is InChI=1S/C28H24N4O4.ClH/c1-18-10-11-19-6-2-3-7-22(19)23(18)16-30-25-8-4-5-9-26(25)31(17-24(29)28(30)34)27(33)20-12-14-21(15-13-20)32(35)36;/h2-15,24H,16-17,29H2,1H3;1H/t24-;/m0./s1. The van der Waals surface area contributed by atoms with Gasteiger partial charge in [-0.15, -0.1) is 12.4 Å². The molecule has 0 spiro atoms. The van der Waals surface area contributed by atoms with Gasteiger partial charge in [-0.3, -0.25) is 19.7 Å². The van der Waals surface area contributed by atoms with Gasteiger partial charge in [-0.1, -0.05) is 48.5 Å². The van der Waals surface area contributed by atoms with Crippen molar-refractivity contribution in [1.29, 1.82) is 0 Å². The van der Waals surface area contributed by atoms with Crippen molar-refractivity contribution in [3.05, 3.63) is 112 Å². The first-order valence-electron chi connectivity index (χ1n) is 11.5. The molecular weight excluding hydrogens is 492 g/mol. The number of carbonyl (C=O) groups is 2. The number of benzene rings is 4. The largest absolute Gasteiger partial charge is 0.318 e. The minimum Gasteiger partial charge on any atom is -0.318 e. The molecule has 0 saturated heterocycles. The highest BCUT2D eigenvalue weighted by molar-refractivity contribution is 6.12. The lowest BCUT2D eigenvalue weighted by atomic mass is 9.99. The molecule has 2 amide bonds. The summed E-state index contributed by atoms with van der Waals surface area (Å²) in [6, 6.07) is 23.8. The van der Waals surface area contributed by atoms with Crippen molar-refractivity contribution >= 4 is 52.1 Å². The van der Waals surface area contributed by atoms with Gasteiger partial charge in [0.05, 0.1) is 29.4 Å². The maximum Gasteiger partial charge on any atom is 0.269 e. The molecule has 0 fully saturated rings. The topological polar surface area (TPSA) is 110 Å². The Morgan fingerprint density at radius 1 is 0.973 bits per heavy atom. The van der Waals surface area contributed by atoms with Crippen LogP contribution in [-0.4, -0.2) is 29.3 Å². The summed E-state index contributed by atoms with van der Waals surface area (Å²) < 4.78 is 0. The lowest BCUT2D eigenvalue weighted by Gasteiger charge is -2.26. The zero-order chi connectivity index (χ0) is 25.4. The van der Waals surface area contributed by atoms with Crippen LogP contribution < -0.4 is 15.5 Å². The van der Waals surface area contributed by atoms with Gasteiger partial charge in [-0.05, 0) is 53.1 Å². The zero-order valence-corrected chi connectivity index (χ0v) is 20.9. The molecule has 4 aromatic carbocycles. The number of amides is 2. The summed E-state index contributed by atoms with van der Waals surface area (Å²) in [5, 5.41) is 13.1. The van der Waals surface area contributed by atoms with E-state index in [0.29, 0.717) is 17.9 Å². The third-order valence-corrected chi connectivity index (χ3v) is 6.59. The second kappa shape index (κ2) is 10.4. The summed E-state index contributed by atoms with van der Waals surface area (Å²) in [5.41, 5.74) is 9.72. The fourth-order valence-electron chi connectivity index (χ4n) is 4.66. The Hall–Kier alpha value is -4.27. The van der Waals surface area contributed by atoms with E-state index >= 15 is 0 Å². The maximum atomic E-state index is 13.6. The second-order valence-corrected chi connectivity index (χ2v) is 8.82. The van der Waals surface area contributed by atoms with Crippen LogP contribution in [0, 0.1) is 17.0 Å². The maximum absolute atomic E-state index is 13.6. The smallest absolute Gasteiger partial charge is 0.269 e. The van der Waals surface area contributed by atoms with Gasteiger partial charge >= 0.3 is 0 Å². The van der Waals surface area contributed by atoms with Crippen molar-refractivity contribution < 1.29 is 14.5 Å². The predicted octanol–water partition coefficient (Wildman–Crippen LogP) is 5.00. The molecule has 1 aliphatic rings. The summed E-state index contributed by atoms with van der Waals surface area (Å²) in [5.74, 6) is -0.669. The number of non-ortho nitro benzene ring substituents is 1. The van der Waals surface area contributed by atoms with E-state index in [9.17, 15) is 19.7 Å². The molecule has 1 heterocycles. The highest BCUT2D eigenvalue weighted by Crippen LogP contribution is 2.36. The fourth-order valence-corrected chi connectivity index (χ4v) is 4.66. The lowest BCUT2D eigenvalue weighted by molar-refractivity contribution is -0.384. The van der Waals surface area contributed by atoms with Gasteiger partial charge in [0.1, 0.15) is 6.04 Å². The molecule has 1 atom stereocenters. The van der Waals surface area contributed by atoms with Gasteiger partial charge in [-0.25, -0.2) is 0 Å². The SMILES string of the molecule is Cc1ccc2ccccc2c1CN1C(=O)[C@@H](N)CN(C(=O)c2ccc([N+](=O)[O-])cc2)c2ccccc21.Cl. The number of para-hydroxylation sites is 2. The highest BCUT2D eigenvalue weighted by Gasteiger charge is 2.35. The van der Waals surface area contributed by atoms with Crippen molar-refractivity contribution in [3.8, 4) is 0 Å². The molecule has 4 aromatic rings. The Morgan fingerprint density at radius 3 is 2.32 bits per heavy atom. The number of anilines is 2. The number of nitro benzene ring substituents is 1. The van der Waals surface area contributed by atoms with Gasteiger partial charge in [-0.2, -0.15) is 0 Å². The Morgan fingerprint density at radius 2 is 1.62 bits per heavy atom. The molecule has 0 aromatic heterocycles. The molecule has 37 heavy (non-hydrogen) atoms. The van der Waals surface area contributed by atoms with Gasteiger partial charge in [0.15, 0.2) is 0 Å². The van der Waals surface area contributed by atoms with Gasteiger partial charge in [0.25, 0.3) is 11.6 Å². The van der Waals surface area contributed by atoms with Crippen LogP contribution in [0.4, 0.5) is 17.1 Å². The molecule has 2 N–H and O–H groups in total. The first-order valence-corrected chi connectivity index (χ1v) is 11.5. The minimum absolute atomic E-state index is 0. The Kier molecular flexibility index (Phi) is 7.24. The van der Waals surface area contributed by atoms with Crippen LogP contribution in [0.1, 0.15) is 21.5 Å².